The minimum absolute atomic E-state index is 0.186. The van der Waals surface area contributed by atoms with Gasteiger partial charge in [-0.3, -0.25) is 0 Å². The van der Waals surface area contributed by atoms with Crippen molar-refractivity contribution in [3.8, 4) is 6.07 Å². The first-order chi connectivity index (χ1) is 10.9. The maximum atomic E-state index is 13.2. The molecule has 126 valence electrons. The molecule has 2 rings (SSSR count). The number of piperidine rings is 1. The molecule has 0 radical (unpaired) electrons. The third-order valence-electron chi connectivity index (χ3n) is 4.25. The van der Waals surface area contributed by atoms with Gasteiger partial charge in [0.1, 0.15) is 5.82 Å². The smallest absolute Gasteiger partial charge is 0.207 e. The normalized spacial score (nSPS) is 17.3. The second kappa shape index (κ2) is 7.86. The summed E-state index contributed by atoms with van der Waals surface area (Å²) in [5, 5.41) is 8.57. The second-order valence-electron chi connectivity index (χ2n) is 5.91. The number of hydrogen-bond acceptors (Lipinski definition) is 3. The van der Waals surface area contributed by atoms with Crippen LogP contribution < -0.4 is 0 Å². The third-order valence-corrected chi connectivity index (χ3v) is 6.23. The van der Waals surface area contributed by atoms with Crippen molar-refractivity contribution in [3.63, 3.8) is 0 Å². The Morgan fingerprint density at radius 2 is 2.09 bits per heavy atom. The van der Waals surface area contributed by atoms with Gasteiger partial charge >= 0.3 is 0 Å². The van der Waals surface area contributed by atoms with Gasteiger partial charge in [-0.25, -0.2) is 4.39 Å². The maximum absolute atomic E-state index is 13.2. The lowest BCUT2D eigenvalue weighted by atomic mass is 9.91. The zero-order chi connectivity index (χ0) is 16.9. The van der Waals surface area contributed by atoms with E-state index in [2.05, 4.69) is 0 Å². The number of benzene rings is 1. The van der Waals surface area contributed by atoms with E-state index in [4.69, 9.17) is 5.26 Å². The van der Waals surface area contributed by atoms with Crippen LogP contribution >= 0.6 is 0 Å². The lowest BCUT2D eigenvalue weighted by Crippen LogP contribution is -2.46. The van der Waals surface area contributed by atoms with Crippen LogP contribution in [0, 0.1) is 23.1 Å². The largest absolute Gasteiger partial charge is 0.281 e. The molecule has 1 aliphatic heterocycles. The Morgan fingerprint density at radius 1 is 1.39 bits per heavy atom. The highest BCUT2D eigenvalue weighted by Gasteiger charge is 2.30. The molecule has 1 aromatic rings. The number of hydrogen-bond donors (Lipinski definition) is 0. The van der Waals surface area contributed by atoms with E-state index in [-0.39, 0.29) is 18.8 Å². The molecule has 0 atom stereocenters. The Balaban J connectivity index is 1.89. The predicted octanol–water partition coefficient (Wildman–Crippen LogP) is 2.17. The Hall–Kier alpha value is -1.49. The van der Waals surface area contributed by atoms with Gasteiger partial charge in [0, 0.05) is 33.1 Å². The molecule has 1 aromatic carbocycles. The molecule has 1 fully saturated rings. The Kier molecular flexibility index (Phi) is 6.10. The van der Waals surface area contributed by atoms with Gasteiger partial charge in [-0.05, 0) is 42.9 Å². The fourth-order valence-corrected chi connectivity index (χ4v) is 4.25. The molecule has 0 bridgehead atoms. The maximum Gasteiger partial charge on any atom is 0.281 e. The van der Waals surface area contributed by atoms with Crippen molar-refractivity contribution < 1.29 is 12.8 Å². The first kappa shape index (κ1) is 17.9. The fourth-order valence-electron chi connectivity index (χ4n) is 2.86. The van der Waals surface area contributed by atoms with Crippen LogP contribution in [0.25, 0.3) is 0 Å². The molecule has 23 heavy (non-hydrogen) atoms. The van der Waals surface area contributed by atoms with Crippen molar-refractivity contribution in [1.82, 2.24) is 8.61 Å². The van der Waals surface area contributed by atoms with Crippen molar-refractivity contribution in [2.75, 3.05) is 26.7 Å². The lowest BCUT2D eigenvalue weighted by Gasteiger charge is -2.33. The van der Waals surface area contributed by atoms with E-state index in [1.165, 1.54) is 21.7 Å². The van der Waals surface area contributed by atoms with Gasteiger partial charge in [-0.1, -0.05) is 12.1 Å². The highest BCUT2D eigenvalue weighted by molar-refractivity contribution is 7.86. The van der Waals surface area contributed by atoms with E-state index < -0.39 is 10.2 Å². The minimum atomic E-state index is -3.48. The van der Waals surface area contributed by atoms with E-state index in [0.717, 1.165) is 24.8 Å². The Morgan fingerprint density at radius 3 is 2.70 bits per heavy atom. The summed E-state index contributed by atoms with van der Waals surface area (Å²) < 4.78 is 40.7. The molecule has 0 spiro atoms. The van der Waals surface area contributed by atoms with Gasteiger partial charge in [-0.15, -0.1) is 0 Å². The van der Waals surface area contributed by atoms with Crippen molar-refractivity contribution in [1.29, 1.82) is 5.26 Å². The highest BCUT2D eigenvalue weighted by atomic mass is 32.2. The zero-order valence-electron chi connectivity index (χ0n) is 13.3. The summed E-state index contributed by atoms with van der Waals surface area (Å²) in [4.78, 5) is 0. The van der Waals surface area contributed by atoms with Crippen LogP contribution in [0.4, 0.5) is 4.39 Å². The SMILES string of the molecule is CN(CCC#N)S(=O)(=O)N1CCC(Cc2cccc(F)c2)CC1. The molecule has 5 nitrogen and oxygen atoms in total. The van der Waals surface area contributed by atoms with E-state index in [1.807, 2.05) is 12.1 Å². The lowest BCUT2D eigenvalue weighted by molar-refractivity contribution is 0.258. The van der Waals surface area contributed by atoms with Crippen LogP contribution in [0.3, 0.4) is 0 Å². The van der Waals surface area contributed by atoms with Gasteiger partial charge in [-0.2, -0.15) is 22.3 Å². The molecule has 0 saturated carbocycles. The Bertz CT molecular complexity index is 664. The topological polar surface area (TPSA) is 64.4 Å². The first-order valence-electron chi connectivity index (χ1n) is 7.76. The summed E-state index contributed by atoms with van der Waals surface area (Å²) in [7, 11) is -1.98. The molecule has 1 heterocycles. The summed E-state index contributed by atoms with van der Waals surface area (Å²) in [5.41, 5.74) is 0.956. The first-order valence-corrected chi connectivity index (χ1v) is 9.16. The van der Waals surface area contributed by atoms with E-state index in [0.29, 0.717) is 19.0 Å². The van der Waals surface area contributed by atoms with Crippen molar-refractivity contribution >= 4 is 10.2 Å². The van der Waals surface area contributed by atoms with Crippen LogP contribution in [0.2, 0.25) is 0 Å². The summed E-state index contributed by atoms with van der Waals surface area (Å²) >= 11 is 0. The standard InChI is InChI=1S/C16H22FN3O2S/c1-19(9-3-8-18)23(21,22)20-10-6-14(7-11-20)12-15-4-2-5-16(17)13-15/h2,4-5,13-14H,3,6-7,9-12H2,1H3. The van der Waals surface area contributed by atoms with Gasteiger partial charge in [0.15, 0.2) is 0 Å². The number of nitrogens with zero attached hydrogens (tertiary/aromatic N) is 3. The quantitative estimate of drug-likeness (QED) is 0.798. The summed E-state index contributed by atoms with van der Waals surface area (Å²) in [6.45, 7) is 1.15. The summed E-state index contributed by atoms with van der Waals surface area (Å²) in [6.07, 6.45) is 2.49. The minimum Gasteiger partial charge on any atom is -0.207 e. The molecule has 0 N–H and O–H groups in total. The molecular weight excluding hydrogens is 317 g/mol. The van der Waals surface area contributed by atoms with E-state index in [9.17, 15) is 12.8 Å². The number of halogens is 1. The predicted molar refractivity (Wildman–Crippen MR) is 86.2 cm³/mol. The second-order valence-corrected chi connectivity index (χ2v) is 7.95. The van der Waals surface area contributed by atoms with Crippen LogP contribution in [0.1, 0.15) is 24.8 Å². The van der Waals surface area contributed by atoms with Crippen molar-refractivity contribution in [3.05, 3.63) is 35.6 Å². The molecule has 0 unspecified atom stereocenters. The average Bonchev–Trinajstić information content (AvgIpc) is 2.53. The van der Waals surface area contributed by atoms with Gasteiger partial charge in [0.25, 0.3) is 10.2 Å². The summed E-state index contributed by atoms with van der Waals surface area (Å²) in [6, 6.07) is 8.53. The molecule has 0 aromatic heterocycles. The number of rotatable bonds is 6. The summed E-state index contributed by atoms with van der Waals surface area (Å²) in [5.74, 6) is 0.134. The fraction of sp³-hybridized carbons (Fsp3) is 0.562. The zero-order valence-corrected chi connectivity index (χ0v) is 14.1. The molecular formula is C16H22FN3O2S. The van der Waals surface area contributed by atoms with Gasteiger partial charge < -0.3 is 0 Å². The van der Waals surface area contributed by atoms with Gasteiger partial charge in [0.2, 0.25) is 0 Å². The van der Waals surface area contributed by atoms with Crippen LogP contribution in [0.5, 0.6) is 0 Å². The monoisotopic (exact) mass is 339 g/mol. The molecule has 0 aliphatic carbocycles. The van der Waals surface area contributed by atoms with E-state index in [1.54, 1.807) is 12.1 Å². The Labute approximate surface area is 137 Å². The van der Waals surface area contributed by atoms with Crippen LogP contribution in [-0.4, -0.2) is 43.7 Å². The number of nitriles is 1. The van der Waals surface area contributed by atoms with E-state index >= 15 is 0 Å². The third kappa shape index (κ3) is 4.74. The van der Waals surface area contributed by atoms with Crippen molar-refractivity contribution in [2.24, 2.45) is 5.92 Å². The van der Waals surface area contributed by atoms with Crippen LogP contribution in [-0.2, 0) is 16.6 Å². The molecule has 7 heteroatoms. The van der Waals surface area contributed by atoms with Crippen LogP contribution in [0.15, 0.2) is 24.3 Å². The van der Waals surface area contributed by atoms with Gasteiger partial charge in [0.05, 0.1) is 6.07 Å². The van der Waals surface area contributed by atoms with Crippen molar-refractivity contribution in [2.45, 2.75) is 25.7 Å². The molecule has 1 saturated heterocycles. The molecule has 0 amide bonds. The molecule has 1 aliphatic rings. The average molecular weight is 339 g/mol. The highest BCUT2D eigenvalue weighted by Crippen LogP contribution is 2.24.